The molecule has 12 nitrogen and oxygen atoms in total. The van der Waals surface area contributed by atoms with Crippen molar-refractivity contribution in [1.29, 1.82) is 0 Å². The van der Waals surface area contributed by atoms with E-state index in [1.54, 1.807) is 11.7 Å². The van der Waals surface area contributed by atoms with Gasteiger partial charge in [-0.15, -0.1) is 0 Å². The van der Waals surface area contributed by atoms with Crippen LogP contribution in [0.2, 0.25) is 6.82 Å². The summed E-state index contributed by atoms with van der Waals surface area (Å²) < 4.78 is 31.7. The molecule has 0 aliphatic carbocycles. The fraction of sp³-hybridized carbons (Fsp3) is 0.889. The zero-order chi connectivity index (χ0) is 24.8. The van der Waals surface area contributed by atoms with E-state index in [-0.39, 0.29) is 50.1 Å². The van der Waals surface area contributed by atoms with Gasteiger partial charge >= 0.3 is 195 Å². The monoisotopic (exact) mass is 469 g/mol. The average Bonchev–Trinajstić information content (AvgIpc) is 3.35. The topological polar surface area (TPSA) is 166 Å². The molecule has 0 aromatic heterocycles. The molecule has 0 bridgehead atoms. The molecule has 0 spiro atoms. The van der Waals surface area contributed by atoms with Gasteiger partial charge in [-0.25, -0.2) is 0 Å². The summed E-state index contributed by atoms with van der Waals surface area (Å²) in [6.45, 7) is 5.33. The van der Waals surface area contributed by atoms with Gasteiger partial charge in [0.25, 0.3) is 0 Å². The molecule has 4 N–H and O–H groups in total. The van der Waals surface area contributed by atoms with Gasteiger partial charge in [0.1, 0.15) is 0 Å². The maximum absolute atomic E-state index is 11.3. The molecular formula is C18H34B3N3O9. The third-order valence-electron chi connectivity index (χ3n) is 5.44. The van der Waals surface area contributed by atoms with Gasteiger partial charge in [0.2, 0.25) is 0 Å². The Kier molecular flexibility index (Phi) is 14.7. The number of carbonyl (C=O) groups is 2. The number of hydrogen-bond acceptors (Lipinski definition) is 11. The SMILES string of the molecule is CB(O)NCCOC1C[C@@H](C(=O)O)N(CB=O)C1.CC(=O)[C@@H]1CC(OCCO)CN1CB=O. The molecule has 0 aromatic carbocycles. The second-order valence-electron chi connectivity index (χ2n) is 8.03. The molecule has 2 unspecified atom stereocenters. The Labute approximate surface area is 195 Å². The Balaban J connectivity index is 0.000000335. The number of carboxylic acids is 1. The summed E-state index contributed by atoms with van der Waals surface area (Å²) in [5.74, 6) is -0.864. The number of aliphatic carboxylic acids is 1. The van der Waals surface area contributed by atoms with Crippen LogP contribution in [0.1, 0.15) is 19.8 Å². The van der Waals surface area contributed by atoms with Crippen LogP contribution in [0.15, 0.2) is 0 Å². The second-order valence-corrected chi connectivity index (χ2v) is 8.03. The Hall–Kier alpha value is -1.35. The van der Waals surface area contributed by atoms with E-state index in [0.717, 1.165) is 7.15 Å². The van der Waals surface area contributed by atoms with Crippen LogP contribution in [0.4, 0.5) is 0 Å². The summed E-state index contributed by atoms with van der Waals surface area (Å²) in [5.41, 5.74) is 0. The quantitative estimate of drug-likeness (QED) is 0.154. The summed E-state index contributed by atoms with van der Waals surface area (Å²) in [6.07, 6.45) is 1.15. The number of carboxylic acid groups (broad SMARTS) is 1. The van der Waals surface area contributed by atoms with Crippen molar-refractivity contribution in [2.75, 3.05) is 52.3 Å². The molecule has 2 saturated heterocycles. The zero-order valence-electron chi connectivity index (χ0n) is 19.3. The number of nitrogens with zero attached hydrogens (tertiary/aromatic N) is 2. The fourth-order valence-electron chi connectivity index (χ4n) is 3.95. The molecule has 0 amide bonds. The molecular weight excluding hydrogens is 435 g/mol. The van der Waals surface area contributed by atoms with Crippen LogP contribution < -0.4 is 5.23 Å². The first-order valence-corrected chi connectivity index (χ1v) is 11.1. The number of Topliss-reactive ketones (excluding diaryl/α,β-unsaturated/α-hetero) is 1. The molecule has 2 heterocycles. The Morgan fingerprint density at radius 1 is 1.03 bits per heavy atom. The number of aliphatic hydroxyl groups excluding tert-OH is 1. The van der Waals surface area contributed by atoms with Gasteiger partial charge < -0.3 is 0 Å². The van der Waals surface area contributed by atoms with Crippen molar-refractivity contribution in [1.82, 2.24) is 15.0 Å². The number of carbonyl (C=O) groups excluding carboxylic acids is 1. The van der Waals surface area contributed by atoms with E-state index in [1.165, 1.54) is 6.92 Å². The summed E-state index contributed by atoms with van der Waals surface area (Å²) in [6, 6.07) is -0.858. The number of ether oxygens (including phenoxy) is 2. The third-order valence-corrected chi connectivity index (χ3v) is 5.44. The molecule has 15 heteroatoms. The standard InChI is InChI=1S/C9H18B2N2O5.C9H16BNO4/c1-11(17)12-2-3-18-7-4-8(9(14)15)13(5-7)6-10-16;1-7(13)9-4-8(15-3-2-12)5-11(9)6-10-14/h7-8,12,17H,2-6H2,1H3,(H,14,15);8-9,12H,2-6H2,1H3/t7?,8-;8?,9-/m00/s1. The number of rotatable bonds is 14. The van der Waals surface area contributed by atoms with Crippen molar-refractivity contribution in [3.8, 4) is 0 Å². The van der Waals surface area contributed by atoms with E-state index in [9.17, 15) is 19.0 Å². The average molecular weight is 469 g/mol. The van der Waals surface area contributed by atoms with Crippen LogP contribution in [0, 0.1) is 0 Å². The molecule has 0 radical (unpaired) electrons. The van der Waals surface area contributed by atoms with Crippen LogP contribution in [-0.2, 0) is 28.5 Å². The molecule has 33 heavy (non-hydrogen) atoms. The summed E-state index contributed by atoms with van der Waals surface area (Å²) in [7, 11) is 0.910. The first-order valence-electron chi connectivity index (χ1n) is 11.1. The second kappa shape index (κ2) is 16.3. The minimum atomic E-state index is -0.926. The van der Waals surface area contributed by atoms with Gasteiger partial charge in [-0.3, -0.25) is 0 Å². The van der Waals surface area contributed by atoms with Gasteiger partial charge in [0.15, 0.2) is 0 Å². The number of hydrogen-bond donors (Lipinski definition) is 4. The van der Waals surface area contributed by atoms with Gasteiger partial charge in [0.05, 0.1) is 0 Å². The molecule has 2 aliphatic rings. The Morgan fingerprint density at radius 3 is 2.00 bits per heavy atom. The van der Waals surface area contributed by atoms with Crippen LogP contribution in [0.25, 0.3) is 0 Å². The van der Waals surface area contributed by atoms with Crippen molar-refractivity contribution in [3.63, 3.8) is 0 Å². The Bertz CT molecular complexity index is 632. The van der Waals surface area contributed by atoms with E-state index < -0.39 is 19.1 Å². The van der Waals surface area contributed by atoms with Crippen molar-refractivity contribution < 1.29 is 43.7 Å². The van der Waals surface area contributed by atoms with Crippen LogP contribution in [-0.4, -0.2) is 135 Å². The van der Waals surface area contributed by atoms with Crippen molar-refractivity contribution in [2.24, 2.45) is 0 Å². The van der Waals surface area contributed by atoms with Gasteiger partial charge in [0, 0.05) is 0 Å². The van der Waals surface area contributed by atoms with Crippen LogP contribution in [0.3, 0.4) is 0 Å². The van der Waals surface area contributed by atoms with E-state index in [1.807, 2.05) is 4.90 Å². The first-order chi connectivity index (χ1) is 15.7. The first kappa shape index (κ1) is 29.7. The normalized spacial score (nSPS) is 25.1. The predicted molar refractivity (Wildman–Crippen MR) is 120 cm³/mol. The van der Waals surface area contributed by atoms with E-state index in [4.69, 9.17) is 24.7 Å². The molecule has 4 atom stereocenters. The molecule has 0 aromatic rings. The van der Waals surface area contributed by atoms with Crippen molar-refractivity contribution in [3.05, 3.63) is 0 Å². The summed E-state index contributed by atoms with van der Waals surface area (Å²) >= 11 is 0. The molecule has 2 fully saturated rings. The Morgan fingerprint density at radius 2 is 1.55 bits per heavy atom. The number of aliphatic hydroxyl groups is 1. The summed E-state index contributed by atoms with van der Waals surface area (Å²) in [5, 5.41) is 29.4. The number of likely N-dealkylation sites (tertiary alicyclic amines) is 2. The molecule has 0 saturated carbocycles. The van der Waals surface area contributed by atoms with Gasteiger partial charge in [-0.05, 0) is 0 Å². The van der Waals surface area contributed by atoms with Crippen LogP contribution in [0.5, 0.6) is 0 Å². The number of nitrogens with one attached hydrogen (secondary N) is 1. The van der Waals surface area contributed by atoms with Crippen molar-refractivity contribution in [2.45, 2.75) is 50.9 Å². The van der Waals surface area contributed by atoms with E-state index in [0.29, 0.717) is 46.2 Å². The fourth-order valence-corrected chi connectivity index (χ4v) is 3.95. The van der Waals surface area contributed by atoms with Gasteiger partial charge in [-0.1, -0.05) is 0 Å². The minimum absolute atomic E-state index is 0.0189. The van der Waals surface area contributed by atoms with E-state index in [2.05, 4.69) is 5.23 Å². The van der Waals surface area contributed by atoms with Gasteiger partial charge in [-0.2, -0.15) is 0 Å². The van der Waals surface area contributed by atoms with Crippen LogP contribution >= 0.6 is 0 Å². The third kappa shape index (κ3) is 11.1. The molecule has 2 aliphatic heterocycles. The molecule has 2 rings (SSSR count). The zero-order valence-corrected chi connectivity index (χ0v) is 19.3. The summed E-state index contributed by atoms with van der Waals surface area (Å²) in [4.78, 5) is 25.7. The van der Waals surface area contributed by atoms with E-state index >= 15 is 0 Å². The predicted octanol–water partition coefficient (Wildman–Crippen LogP) is -2.73. The molecule has 184 valence electrons. The number of ketones is 1. The van der Waals surface area contributed by atoms with Crippen molar-refractivity contribution >= 4 is 33.1 Å². The maximum atomic E-state index is 11.3.